The first-order valence-corrected chi connectivity index (χ1v) is 18.3. The molecular weight excluding hydrogens is 758 g/mol. The molecule has 0 aromatic carbocycles. The molecule has 0 aliphatic carbocycles. The van der Waals surface area contributed by atoms with E-state index < -0.39 is 98.3 Å². The highest BCUT2D eigenvalue weighted by molar-refractivity contribution is 5.78. The third-order valence-corrected chi connectivity index (χ3v) is 7.77. The molecule has 0 atom stereocenters. The van der Waals surface area contributed by atoms with Gasteiger partial charge in [0.1, 0.15) is 63.3 Å². The zero-order valence-corrected chi connectivity index (χ0v) is 33.8. The summed E-state index contributed by atoms with van der Waals surface area (Å²) in [4.78, 5) is 122. The topological polar surface area (TPSA) is 269 Å². The largest absolute Gasteiger partial charge is 0.463 e. The first kappa shape index (κ1) is 52.0. The summed E-state index contributed by atoms with van der Waals surface area (Å²) in [5, 5.41) is 8.60. The molecule has 324 valence electrons. The van der Waals surface area contributed by atoms with Crippen molar-refractivity contribution in [2.24, 2.45) is 0 Å². The van der Waals surface area contributed by atoms with Gasteiger partial charge in [0, 0.05) is 120 Å². The minimum absolute atomic E-state index is 0.0653. The monoisotopic (exact) mass is 817 g/mol. The Bertz CT molecular complexity index is 1160. The van der Waals surface area contributed by atoms with Gasteiger partial charge in [-0.3, -0.25) is 38.4 Å². The lowest BCUT2D eigenvalue weighted by molar-refractivity contribution is -0.158. The van der Waals surface area contributed by atoms with Gasteiger partial charge >= 0.3 is 35.8 Å². The summed E-state index contributed by atoms with van der Waals surface area (Å²) in [5.41, 5.74) is -3.25. The number of rotatable bonds is 32. The Balaban J connectivity index is 6.12. The third kappa shape index (κ3) is 27.3. The minimum atomic E-state index is -1.62. The van der Waals surface area contributed by atoms with Crippen molar-refractivity contribution in [2.75, 3.05) is 92.0 Å². The quantitative estimate of drug-likeness (QED) is 0.0293. The van der Waals surface area contributed by atoms with E-state index in [1.807, 2.05) is 4.90 Å². The molecule has 0 aromatic heterocycles. The van der Waals surface area contributed by atoms with Crippen molar-refractivity contribution >= 4 is 60.2 Å². The van der Waals surface area contributed by atoms with E-state index in [0.717, 1.165) is 54.1 Å². The molecular formula is C36H59N5O16. The second-order valence-electron chi connectivity index (χ2n) is 13.2. The van der Waals surface area contributed by atoms with Crippen LogP contribution in [0.1, 0.15) is 67.2 Å². The molecule has 2 amide bonds. The molecule has 0 rings (SSSR count). The smallest absolute Gasteiger partial charge is 0.302 e. The van der Waals surface area contributed by atoms with Gasteiger partial charge in [-0.15, -0.1) is 0 Å². The maximum Gasteiger partial charge on any atom is 0.302 e. The molecule has 0 aliphatic heterocycles. The van der Waals surface area contributed by atoms with Crippen LogP contribution in [0.3, 0.4) is 0 Å². The Kier molecular flexibility index (Phi) is 26.7. The first-order chi connectivity index (χ1) is 26.9. The Morgan fingerprint density at radius 2 is 0.702 bits per heavy atom. The fourth-order valence-corrected chi connectivity index (χ4v) is 4.88. The molecule has 0 spiro atoms. The van der Waals surface area contributed by atoms with Gasteiger partial charge in [0.15, 0.2) is 0 Å². The van der Waals surface area contributed by atoms with Crippen LogP contribution < -0.4 is 16.0 Å². The van der Waals surface area contributed by atoms with Gasteiger partial charge in [0.2, 0.25) is 11.8 Å². The average Bonchev–Trinajstić information content (AvgIpc) is 3.13. The lowest BCUT2D eigenvalue weighted by atomic mass is 10.0. The molecule has 0 saturated heterocycles. The van der Waals surface area contributed by atoms with Crippen molar-refractivity contribution in [3.8, 4) is 0 Å². The van der Waals surface area contributed by atoms with Gasteiger partial charge in [-0.1, -0.05) is 0 Å². The van der Waals surface area contributed by atoms with E-state index in [0.29, 0.717) is 52.1 Å². The molecule has 0 unspecified atom stereocenters. The number of ether oxygens (including phenoxy) is 6. The number of nitrogens with zero attached hydrogens (tertiary/aromatic N) is 2. The lowest BCUT2D eigenvalue weighted by Crippen LogP contribution is -2.59. The van der Waals surface area contributed by atoms with Crippen LogP contribution in [-0.4, -0.2) is 173 Å². The summed E-state index contributed by atoms with van der Waals surface area (Å²) in [6.45, 7) is 6.66. The van der Waals surface area contributed by atoms with Gasteiger partial charge in [-0.2, -0.15) is 0 Å². The van der Waals surface area contributed by atoms with Crippen LogP contribution in [0, 0.1) is 0 Å². The number of amides is 2. The highest BCUT2D eigenvalue weighted by atomic mass is 16.6. The molecule has 0 bridgehead atoms. The number of carbonyl (C=O) groups excluding carboxylic acids is 10. The van der Waals surface area contributed by atoms with Gasteiger partial charge < -0.3 is 63.8 Å². The van der Waals surface area contributed by atoms with Gasteiger partial charge in [-0.05, 0) is 0 Å². The fourth-order valence-electron chi connectivity index (χ4n) is 4.88. The van der Waals surface area contributed by atoms with Crippen molar-refractivity contribution in [2.45, 2.75) is 78.3 Å². The second kappa shape index (κ2) is 29.3. The predicted molar refractivity (Wildman–Crippen MR) is 198 cm³/mol. The second-order valence-corrected chi connectivity index (χ2v) is 13.2. The molecule has 3 N–H and O–H groups in total. The average molecular weight is 818 g/mol. The van der Waals surface area contributed by atoms with Gasteiger partial charge in [0.25, 0.3) is 0 Å². The summed E-state index contributed by atoms with van der Waals surface area (Å²) in [6, 6.07) is 0. The Hall–Kier alpha value is -5.02. The van der Waals surface area contributed by atoms with Crippen molar-refractivity contribution in [3.05, 3.63) is 0 Å². The first-order valence-electron chi connectivity index (χ1n) is 18.3. The molecule has 0 saturated carbocycles. The number of aldehydes is 2. The molecule has 0 fully saturated rings. The van der Waals surface area contributed by atoms with E-state index in [4.69, 9.17) is 28.4 Å². The molecule has 21 nitrogen and oxygen atoms in total. The number of hydrogen-bond donors (Lipinski definition) is 3. The predicted octanol–water partition coefficient (Wildman–Crippen LogP) is -1.77. The molecule has 0 radical (unpaired) electrons. The van der Waals surface area contributed by atoms with Crippen molar-refractivity contribution in [3.63, 3.8) is 0 Å². The third-order valence-electron chi connectivity index (χ3n) is 7.77. The van der Waals surface area contributed by atoms with Crippen LogP contribution in [-0.2, 0) is 76.4 Å². The van der Waals surface area contributed by atoms with Crippen molar-refractivity contribution in [1.82, 2.24) is 25.8 Å². The molecule has 57 heavy (non-hydrogen) atoms. The highest BCUT2D eigenvalue weighted by Gasteiger charge is 2.38. The van der Waals surface area contributed by atoms with E-state index in [2.05, 4.69) is 16.0 Å². The van der Waals surface area contributed by atoms with E-state index in [-0.39, 0.29) is 25.9 Å². The highest BCUT2D eigenvalue weighted by Crippen LogP contribution is 2.13. The van der Waals surface area contributed by atoms with Crippen molar-refractivity contribution < 1.29 is 76.4 Å². The van der Waals surface area contributed by atoms with Gasteiger partial charge in [-0.25, -0.2) is 0 Å². The van der Waals surface area contributed by atoms with Gasteiger partial charge in [0.05, 0.1) is 0 Å². The lowest BCUT2D eigenvalue weighted by Gasteiger charge is -2.33. The number of esters is 6. The molecule has 0 aliphatic rings. The van der Waals surface area contributed by atoms with Crippen LogP contribution in [0.5, 0.6) is 0 Å². The summed E-state index contributed by atoms with van der Waals surface area (Å²) >= 11 is 0. The van der Waals surface area contributed by atoms with Crippen LogP contribution in [0.4, 0.5) is 0 Å². The number of carbonyl (C=O) groups is 10. The minimum Gasteiger partial charge on any atom is -0.463 e. The summed E-state index contributed by atoms with van der Waals surface area (Å²) < 4.78 is 30.7. The SMILES string of the molecule is CC(=O)OCC(COC(C)=O)(COC(C)=O)NC(=O)CCN(CCNCCN(CCC=O)CCC=O)CCC(=O)NC(COC(C)=O)(COC(C)=O)COC(C)=O. The van der Waals surface area contributed by atoms with Crippen LogP contribution >= 0.6 is 0 Å². The maximum absolute atomic E-state index is 13.4. The zero-order valence-electron chi connectivity index (χ0n) is 33.8. The van der Waals surface area contributed by atoms with E-state index in [9.17, 15) is 47.9 Å². The number of hydrogen-bond acceptors (Lipinski definition) is 19. The summed E-state index contributed by atoms with van der Waals surface area (Å²) in [6.07, 6.45) is 1.83. The standard InChI is InChI=1S/C36H59N5O16/c1-27(44)52-21-35(22-53-28(2)45,23-54-29(3)46)38-33(50)9-15-41(18-12-37-11-17-40(13-7-19-42)14-8-20-43)16-10-34(51)39-36(24-55-30(4)47,25-56-31(5)48)26-57-32(6)49/h19-20,37H,7-18,21-26H2,1-6H3,(H,38,50)(H,39,51). The molecule has 0 heterocycles. The Morgan fingerprint density at radius 3 is 0.947 bits per heavy atom. The number of nitrogens with one attached hydrogen (secondary N) is 3. The Labute approximate surface area is 332 Å². The normalized spacial score (nSPS) is 11.2. The van der Waals surface area contributed by atoms with Crippen molar-refractivity contribution in [1.29, 1.82) is 0 Å². The fraction of sp³-hybridized carbons (Fsp3) is 0.722. The van der Waals surface area contributed by atoms with E-state index in [1.165, 1.54) is 0 Å². The summed E-state index contributed by atoms with van der Waals surface area (Å²) in [5.74, 6) is -5.43. The zero-order chi connectivity index (χ0) is 43.3. The van der Waals surface area contributed by atoms with E-state index in [1.54, 1.807) is 4.90 Å². The Morgan fingerprint density at radius 1 is 0.439 bits per heavy atom. The van der Waals surface area contributed by atoms with Crippen LogP contribution in [0.15, 0.2) is 0 Å². The van der Waals surface area contributed by atoms with E-state index >= 15 is 0 Å². The summed E-state index contributed by atoms with van der Waals surface area (Å²) in [7, 11) is 0. The maximum atomic E-state index is 13.4. The van der Waals surface area contributed by atoms with Crippen LogP contribution in [0.25, 0.3) is 0 Å². The molecule has 0 aromatic rings. The molecule has 21 heteroatoms. The van der Waals surface area contributed by atoms with Crippen LogP contribution in [0.2, 0.25) is 0 Å².